The quantitative estimate of drug-likeness (QED) is 0.668. The first-order valence-electron chi connectivity index (χ1n) is 8.39. The number of anilines is 1. The Bertz CT molecular complexity index is 828. The first kappa shape index (κ1) is 16.3. The zero-order valence-electron chi connectivity index (χ0n) is 13.8. The summed E-state index contributed by atoms with van der Waals surface area (Å²) in [5, 5.41) is 4.11. The van der Waals surface area contributed by atoms with Crippen LogP contribution in [0.15, 0.2) is 63.6 Å². The Morgan fingerprint density at radius 2 is 1.76 bits per heavy atom. The molecule has 3 aromatic rings. The smallest absolute Gasteiger partial charge is 0.241 e. The van der Waals surface area contributed by atoms with Crippen LogP contribution in [0.1, 0.15) is 5.89 Å². The fourth-order valence-corrected chi connectivity index (χ4v) is 3.46. The Morgan fingerprint density at radius 1 is 0.960 bits per heavy atom. The minimum Gasteiger partial charge on any atom is -0.369 e. The number of rotatable bonds is 4. The predicted octanol–water partition coefficient (Wildman–Crippen LogP) is 3.82. The Kier molecular flexibility index (Phi) is 4.81. The van der Waals surface area contributed by atoms with Gasteiger partial charge in [-0.2, -0.15) is 4.98 Å². The molecule has 4 rings (SSSR count). The molecule has 128 valence electrons. The predicted molar refractivity (Wildman–Crippen MR) is 101 cm³/mol. The van der Waals surface area contributed by atoms with Gasteiger partial charge in [0, 0.05) is 41.9 Å². The zero-order valence-corrected chi connectivity index (χ0v) is 15.4. The van der Waals surface area contributed by atoms with Crippen molar-refractivity contribution >= 4 is 21.6 Å². The third-order valence-corrected chi connectivity index (χ3v) is 4.90. The molecular formula is C19H19BrN4O. The van der Waals surface area contributed by atoms with Crippen molar-refractivity contribution in [3.8, 4) is 11.4 Å². The molecule has 1 aliphatic rings. The SMILES string of the molecule is Brc1cccc(-c2noc(CN3CCN(c4ccccc4)CC3)n2)c1. The van der Waals surface area contributed by atoms with Gasteiger partial charge in [-0.15, -0.1) is 0 Å². The summed E-state index contributed by atoms with van der Waals surface area (Å²) in [4.78, 5) is 9.31. The van der Waals surface area contributed by atoms with E-state index in [0.29, 0.717) is 18.3 Å². The molecule has 1 aliphatic heterocycles. The van der Waals surface area contributed by atoms with Gasteiger partial charge in [0.05, 0.1) is 6.54 Å². The number of nitrogens with zero attached hydrogens (tertiary/aromatic N) is 4. The summed E-state index contributed by atoms with van der Waals surface area (Å²) in [5.74, 6) is 1.31. The van der Waals surface area contributed by atoms with Gasteiger partial charge in [0.25, 0.3) is 0 Å². The molecule has 0 bridgehead atoms. The van der Waals surface area contributed by atoms with Crippen LogP contribution >= 0.6 is 15.9 Å². The Morgan fingerprint density at radius 3 is 2.52 bits per heavy atom. The lowest BCUT2D eigenvalue weighted by Gasteiger charge is -2.35. The van der Waals surface area contributed by atoms with E-state index < -0.39 is 0 Å². The van der Waals surface area contributed by atoms with Crippen LogP contribution in [-0.4, -0.2) is 41.2 Å². The maximum absolute atomic E-state index is 5.44. The highest BCUT2D eigenvalue weighted by molar-refractivity contribution is 9.10. The van der Waals surface area contributed by atoms with Crippen molar-refractivity contribution in [1.29, 1.82) is 0 Å². The van der Waals surface area contributed by atoms with E-state index in [9.17, 15) is 0 Å². The highest BCUT2D eigenvalue weighted by atomic mass is 79.9. The minimum atomic E-state index is 0.638. The van der Waals surface area contributed by atoms with Gasteiger partial charge in [-0.3, -0.25) is 4.90 Å². The first-order chi connectivity index (χ1) is 12.3. The van der Waals surface area contributed by atoms with E-state index in [1.54, 1.807) is 0 Å². The van der Waals surface area contributed by atoms with Crippen LogP contribution in [0.25, 0.3) is 11.4 Å². The van der Waals surface area contributed by atoms with Crippen molar-refractivity contribution in [1.82, 2.24) is 15.0 Å². The van der Waals surface area contributed by atoms with Crippen molar-refractivity contribution in [3.05, 3.63) is 65.0 Å². The van der Waals surface area contributed by atoms with Gasteiger partial charge < -0.3 is 9.42 Å². The minimum absolute atomic E-state index is 0.638. The molecule has 2 aromatic carbocycles. The number of hydrogen-bond acceptors (Lipinski definition) is 5. The van der Waals surface area contributed by atoms with Crippen molar-refractivity contribution in [2.75, 3.05) is 31.1 Å². The average molecular weight is 399 g/mol. The molecule has 1 saturated heterocycles. The van der Waals surface area contributed by atoms with Crippen molar-refractivity contribution in [2.24, 2.45) is 0 Å². The molecule has 1 fully saturated rings. The number of hydrogen-bond donors (Lipinski definition) is 0. The lowest BCUT2D eigenvalue weighted by Crippen LogP contribution is -2.46. The highest BCUT2D eigenvalue weighted by Gasteiger charge is 2.19. The van der Waals surface area contributed by atoms with Gasteiger partial charge in [-0.25, -0.2) is 0 Å². The summed E-state index contributed by atoms with van der Waals surface area (Å²) in [6.45, 7) is 4.70. The molecule has 2 heterocycles. The molecule has 0 N–H and O–H groups in total. The lowest BCUT2D eigenvalue weighted by atomic mass is 10.2. The Labute approximate surface area is 155 Å². The monoisotopic (exact) mass is 398 g/mol. The lowest BCUT2D eigenvalue weighted by molar-refractivity contribution is 0.215. The van der Waals surface area contributed by atoms with Gasteiger partial charge in [-0.1, -0.05) is 51.4 Å². The fourth-order valence-electron chi connectivity index (χ4n) is 3.06. The van der Waals surface area contributed by atoms with Crippen LogP contribution < -0.4 is 4.90 Å². The molecule has 0 atom stereocenters. The summed E-state index contributed by atoms with van der Waals surface area (Å²) in [7, 11) is 0. The van der Waals surface area contributed by atoms with Crippen LogP contribution in [0.3, 0.4) is 0 Å². The first-order valence-corrected chi connectivity index (χ1v) is 9.18. The number of aromatic nitrogens is 2. The molecule has 0 amide bonds. The molecule has 0 saturated carbocycles. The van der Waals surface area contributed by atoms with E-state index in [1.165, 1.54) is 5.69 Å². The summed E-state index contributed by atoms with van der Waals surface area (Å²) in [6, 6.07) is 18.5. The van der Waals surface area contributed by atoms with Crippen molar-refractivity contribution in [2.45, 2.75) is 6.54 Å². The van der Waals surface area contributed by atoms with E-state index in [-0.39, 0.29) is 0 Å². The molecule has 0 spiro atoms. The molecule has 1 aromatic heterocycles. The number of halogens is 1. The largest absolute Gasteiger partial charge is 0.369 e. The Balaban J connectivity index is 1.36. The van der Waals surface area contributed by atoms with Crippen LogP contribution in [-0.2, 0) is 6.54 Å². The molecular weight excluding hydrogens is 380 g/mol. The summed E-state index contributed by atoms with van der Waals surface area (Å²) in [5.41, 5.74) is 2.25. The maximum Gasteiger partial charge on any atom is 0.241 e. The van der Waals surface area contributed by atoms with Gasteiger partial charge in [0.2, 0.25) is 11.7 Å². The topological polar surface area (TPSA) is 45.4 Å². The summed E-state index contributed by atoms with van der Waals surface area (Å²) >= 11 is 3.47. The number of para-hydroxylation sites is 1. The molecule has 5 nitrogen and oxygen atoms in total. The second kappa shape index (κ2) is 7.37. The van der Waals surface area contributed by atoms with E-state index >= 15 is 0 Å². The maximum atomic E-state index is 5.44. The van der Waals surface area contributed by atoms with Gasteiger partial charge in [-0.05, 0) is 24.3 Å². The standard InChI is InChI=1S/C19H19BrN4O/c20-16-6-4-5-15(13-16)19-21-18(25-22-19)14-23-9-11-24(12-10-23)17-7-2-1-3-8-17/h1-8,13H,9-12,14H2. The van der Waals surface area contributed by atoms with E-state index in [1.807, 2.05) is 24.3 Å². The Hall–Kier alpha value is -2.18. The van der Waals surface area contributed by atoms with Crippen LogP contribution in [0.2, 0.25) is 0 Å². The van der Waals surface area contributed by atoms with E-state index in [4.69, 9.17) is 4.52 Å². The van der Waals surface area contributed by atoms with Crippen LogP contribution in [0.5, 0.6) is 0 Å². The molecule has 25 heavy (non-hydrogen) atoms. The van der Waals surface area contributed by atoms with Crippen LogP contribution in [0, 0.1) is 0 Å². The third-order valence-electron chi connectivity index (χ3n) is 4.40. The fraction of sp³-hybridized carbons (Fsp3) is 0.263. The second-order valence-electron chi connectivity index (χ2n) is 6.12. The molecule has 0 aliphatic carbocycles. The highest BCUT2D eigenvalue weighted by Crippen LogP contribution is 2.21. The van der Waals surface area contributed by atoms with Crippen molar-refractivity contribution in [3.63, 3.8) is 0 Å². The van der Waals surface area contributed by atoms with E-state index in [0.717, 1.165) is 36.2 Å². The van der Waals surface area contributed by atoms with Crippen LogP contribution in [0.4, 0.5) is 5.69 Å². The molecule has 6 heteroatoms. The zero-order chi connectivity index (χ0) is 17.1. The van der Waals surface area contributed by atoms with Gasteiger partial charge >= 0.3 is 0 Å². The summed E-state index contributed by atoms with van der Waals surface area (Å²) in [6.07, 6.45) is 0. The third kappa shape index (κ3) is 3.91. The summed E-state index contributed by atoms with van der Waals surface area (Å²) < 4.78 is 6.45. The van der Waals surface area contributed by atoms with Gasteiger partial charge in [0.1, 0.15) is 0 Å². The van der Waals surface area contributed by atoms with Crippen molar-refractivity contribution < 1.29 is 4.52 Å². The molecule has 0 radical (unpaired) electrons. The molecule has 0 unspecified atom stereocenters. The average Bonchev–Trinajstić information content (AvgIpc) is 3.12. The number of benzene rings is 2. The van der Waals surface area contributed by atoms with E-state index in [2.05, 4.69) is 66.2 Å². The normalized spacial score (nSPS) is 15.5. The number of piperazine rings is 1. The second-order valence-corrected chi connectivity index (χ2v) is 7.04. The van der Waals surface area contributed by atoms with Gasteiger partial charge in [0.15, 0.2) is 0 Å².